The first kappa shape index (κ1) is 25.5. The van der Waals surface area contributed by atoms with E-state index in [4.69, 9.17) is 0 Å². The molecule has 1 aromatic heterocycles. The van der Waals surface area contributed by atoms with E-state index in [9.17, 15) is 23.1 Å². The number of pyridine rings is 1. The van der Waals surface area contributed by atoms with Crippen LogP contribution in [0.3, 0.4) is 0 Å². The van der Waals surface area contributed by atoms with E-state index in [1.807, 2.05) is 49.4 Å². The molecule has 2 N–H and O–H groups in total. The van der Waals surface area contributed by atoms with Crippen LogP contribution < -0.4 is 5.32 Å². The van der Waals surface area contributed by atoms with Crippen molar-refractivity contribution in [3.05, 3.63) is 94.8 Å². The number of amides is 1. The number of aryl methyl sites for hydroxylation is 2. The molecule has 2 aromatic carbocycles. The molecule has 0 aliphatic heterocycles. The normalized spacial score (nSPS) is 25.5. The number of benzene rings is 2. The molecule has 194 valence electrons. The van der Waals surface area contributed by atoms with Crippen LogP contribution in [0.2, 0.25) is 0 Å². The third kappa shape index (κ3) is 4.77. The summed E-state index contributed by atoms with van der Waals surface area (Å²) in [4.78, 5) is 17.2. The number of hydrogen-bond acceptors (Lipinski definition) is 3. The first-order valence-corrected chi connectivity index (χ1v) is 12.8. The maximum absolute atomic E-state index is 13.9. The van der Waals surface area contributed by atoms with Crippen molar-refractivity contribution in [1.29, 1.82) is 0 Å². The second kappa shape index (κ2) is 9.60. The van der Waals surface area contributed by atoms with Gasteiger partial charge in [0.2, 0.25) is 0 Å². The molecule has 0 saturated heterocycles. The van der Waals surface area contributed by atoms with Gasteiger partial charge < -0.3 is 10.4 Å². The Labute approximate surface area is 215 Å². The standard InChI is InChI=1S/C30H31F3N2O2/c1-20-19-34-15-12-26(20)35-27(36)23-10-11-25-22(16-23)8-5-9-24-18-29(37,30(31,32)33)14-13-28(24,25)17-21-6-3-2-4-7-21/h2-4,6-7,10-12,15-16,19,24,37H,5,8-9,13-14,17-18H2,1H3,(H,34,35,36)/t24-,28+,29-/m1/s1. The number of alkyl halides is 3. The van der Waals surface area contributed by atoms with Gasteiger partial charge in [-0.3, -0.25) is 9.78 Å². The highest BCUT2D eigenvalue weighted by atomic mass is 19.4. The third-order valence-corrected chi connectivity index (χ3v) is 8.41. The van der Waals surface area contributed by atoms with Crippen LogP contribution in [0.5, 0.6) is 0 Å². The predicted octanol–water partition coefficient (Wildman–Crippen LogP) is 6.55. The topological polar surface area (TPSA) is 62.2 Å². The highest BCUT2D eigenvalue weighted by molar-refractivity contribution is 6.04. The molecular weight excluding hydrogens is 477 g/mol. The number of carbonyl (C=O) groups excluding carboxylic acids is 1. The van der Waals surface area contributed by atoms with Crippen LogP contribution in [0.25, 0.3) is 0 Å². The van der Waals surface area contributed by atoms with Crippen molar-refractivity contribution in [3.8, 4) is 0 Å². The predicted molar refractivity (Wildman–Crippen MR) is 136 cm³/mol. The maximum atomic E-state index is 13.9. The van der Waals surface area contributed by atoms with Gasteiger partial charge >= 0.3 is 6.18 Å². The van der Waals surface area contributed by atoms with Gasteiger partial charge in [-0.1, -0.05) is 36.4 Å². The monoisotopic (exact) mass is 508 g/mol. The Morgan fingerprint density at radius 2 is 1.92 bits per heavy atom. The maximum Gasteiger partial charge on any atom is 0.417 e. The van der Waals surface area contributed by atoms with Crippen molar-refractivity contribution in [3.63, 3.8) is 0 Å². The summed E-state index contributed by atoms with van der Waals surface area (Å²) in [6.07, 6.45) is 0.835. The van der Waals surface area contributed by atoms with Crippen molar-refractivity contribution in [2.24, 2.45) is 5.92 Å². The SMILES string of the molecule is Cc1cnccc1NC(=O)c1ccc2c(c1)CCC[C@@H]1C[C@@](O)(C(F)(F)F)CC[C@@]21Cc1ccccc1. The number of aromatic nitrogens is 1. The molecule has 7 heteroatoms. The molecule has 3 aromatic rings. The number of anilines is 1. The van der Waals surface area contributed by atoms with Crippen LogP contribution in [0, 0.1) is 12.8 Å². The lowest BCUT2D eigenvalue weighted by Crippen LogP contribution is -2.55. The minimum Gasteiger partial charge on any atom is -0.380 e. The van der Waals surface area contributed by atoms with Gasteiger partial charge in [0.05, 0.1) is 0 Å². The van der Waals surface area contributed by atoms with Gasteiger partial charge in [0.15, 0.2) is 5.60 Å². The molecule has 2 aliphatic carbocycles. The fourth-order valence-corrected chi connectivity index (χ4v) is 6.39. The first-order valence-electron chi connectivity index (χ1n) is 12.8. The highest BCUT2D eigenvalue weighted by Crippen LogP contribution is 2.56. The van der Waals surface area contributed by atoms with Crippen molar-refractivity contribution in [2.75, 3.05) is 5.32 Å². The second-order valence-corrected chi connectivity index (χ2v) is 10.7. The van der Waals surface area contributed by atoms with Crippen LogP contribution >= 0.6 is 0 Å². The molecular formula is C30H31F3N2O2. The number of rotatable bonds is 4. The summed E-state index contributed by atoms with van der Waals surface area (Å²) in [5.74, 6) is -0.557. The van der Waals surface area contributed by atoms with Crippen molar-refractivity contribution >= 4 is 11.6 Å². The van der Waals surface area contributed by atoms with Gasteiger partial charge in [-0.2, -0.15) is 13.2 Å². The molecule has 4 nitrogen and oxygen atoms in total. The number of halogens is 3. The van der Waals surface area contributed by atoms with Crippen molar-refractivity contribution in [2.45, 2.75) is 69.1 Å². The number of aliphatic hydroxyl groups is 1. The number of hydrogen-bond donors (Lipinski definition) is 2. The Bertz CT molecular complexity index is 1290. The summed E-state index contributed by atoms with van der Waals surface area (Å²) in [5, 5.41) is 13.6. The third-order valence-electron chi connectivity index (χ3n) is 8.41. The largest absolute Gasteiger partial charge is 0.417 e. The second-order valence-electron chi connectivity index (χ2n) is 10.7. The molecule has 0 unspecified atom stereocenters. The minimum atomic E-state index is -4.66. The van der Waals surface area contributed by atoms with E-state index >= 15 is 0 Å². The van der Waals surface area contributed by atoms with E-state index in [0.717, 1.165) is 22.3 Å². The van der Waals surface area contributed by atoms with E-state index < -0.39 is 17.2 Å². The molecule has 2 aliphatic rings. The Balaban J connectivity index is 1.54. The lowest BCUT2D eigenvalue weighted by Gasteiger charge is -2.50. The molecule has 1 saturated carbocycles. The average Bonchev–Trinajstić information content (AvgIpc) is 3.01. The van der Waals surface area contributed by atoms with Crippen LogP contribution in [0.15, 0.2) is 67.0 Å². The number of nitrogens with zero attached hydrogens (tertiary/aromatic N) is 1. The minimum absolute atomic E-state index is 0.231. The number of fused-ring (bicyclic) bond motifs is 3. The lowest BCUT2D eigenvalue weighted by atomic mass is 9.56. The zero-order valence-electron chi connectivity index (χ0n) is 20.8. The summed E-state index contributed by atoms with van der Waals surface area (Å²) in [6, 6.07) is 17.2. The van der Waals surface area contributed by atoms with Crippen LogP contribution in [-0.2, 0) is 18.3 Å². The average molecular weight is 509 g/mol. The zero-order chi connectivity index (χ0) is 26.3. The smallest absolute Gasteiger partial charge is 0.380 e. The lowest BCUT2D eigenvalue weighted by molar-refractivity contribution is -0.279. The molecule has 3 atom stereocenters. The summed E-state index contributed by atoms with van der Waals surface area (Å²) in [7, 11) is 0. The van der Waals surface area contributed by atoms with E-state index in [1.54, 1.807) is 24.5 Å². The summed E-state index contributed by atoms with van der Waals surface area (Å²) >= 11 is 0. The van der Waals surface area contributed by atoms with Crippen molar-refractivity contribution < 1.29 is 23.1 Å². The quantitative estimate of drug-likeness (QED) is 0.420. The zero-order valence-corrected chi connectivity index (χ0v) is 20.8. The highest BCUT2D eigenvalue weighted by Gasteiger charge is 2.60. The van der Waals surface area contributed by atoms with E-state index in [-0.39, 0.29) is 31.1 Å². The molecule has 1 amide bonds. The van der Waals surface area contributed by atoms with Crippen molar-refractivity contribution in [1.82, 2.24) is 4.98 Å². The molecule has 0 spiro atoms. The number of carbonyl (C=O) groups is 1. The van der Waals surface area contributed by atoms with Gasteiger partial charge in [0.1, 0.15) is 0 Å². The van der Waals surface area contributed by atoms with E-state index in [0.29, 0.717) is 36.9 Å². The molecule has 1 fully saturated rings. The van der Waals surface area contributed by atoms with Gasteiger partial charge in [0.25, 0.3) is 5.91 Å². The fraction of sp³-hybridized carbons (Fsp3) is 0.400. The van der Waals surface area contributed by atoms with E-state index in [1.165, 1.54) is 0 Å². The van der Waals surface area contributed by atoms with Gasteiger partial charge in [-0.05, 0) is 98.2 Å². The molecule has 5 rings (SSSR count). The molecule has 0 bridgehead atoms. The Morgan fingerprint density at radius 1 is 1.14 bits per heavy atom. The van der Waals surface area contributed by atoms with Gasteiger partial charge in [0, 0.05) is 29.1 Å². The fourth-order valence-electron chi connectivity index (χ4n) is 6.39. The Morgan fingerprint density at radius 3 is 2.65 bits per heavy atom. The van der Waals surface area contributed by atoms with Crippen LogP contribution in [0.4, 0.5) is 18.9 Å². The molecule has 1 heterocycles. The molecule has 37 heavy (non-hydrogen) atoms. The van der Waals surface area contributed by atoms with Gasteiger partial charge in [-0.25, -0.2) is 0 Å². The number of nitrogens with one attached hydrogen (secondary N) is 1. The summed E-state index contributed by atoms with van der Waals surface area (Å²) < 4.78 is 41.7. The van der Waals surface area contributed by atoms with Crippen LogP contribution in [0.1, 0.15) is 64.7 Å². The first-order chi connectivity index (χ1) is 17.6. The molecule has 0 radical (unpaired) electrons. The van der Waals surface area contributed by atoms with Gasteiger partial charge in [-0.15, -0.1) is 0 Å². The van der Waals surface area contributed by atoms with Crippen LogP contribution in [-0.4, -0.2) is 27.8 Å². The summed E-state index contributed by atoms with van der Waals surface area (Å²) in [6.45, 7) is 1.87. The summed E-state index contributed by atoms with van der Waals surface area (Å²) in [5.41, 5.74) is 1.95. The van der Waals surface area contributed by atoms with E-state index in [2.05, 4.69) is 10.3 Å². The Kier molecular flexibility index (Phi) is 6.61. The Hall–Kier alpha value is -3.19.